The average molecular weight is 530 g/mol. The van der Waals surface area contributed by atoms with Crippen molar-refractivity contribution in [1.82, 2.24) is 20.1 Å². The van der Waals surface area contributed by atoms with Gasteiger partial charge in [0.25, 0.3) is 5.91 Å². The lowest BCUT2D eigenvalue weighted by molar-refractivity contribution is 0.0202. The quantitative estimate of drug-likeness (QED) is 0.578. The number of aryl methyl sites for hydroxylation is 1. The zero-order valence-corrected chi connectivity index (χ0v) is 20.3. The van der Waals surface area contributed by atoms with Gasteiger partial charge in [-0.1, -0.05) is 0 Å². The standard InChI is InChI=1S/C21H26BrF2N5O4/c1-21(2,3)33-20(31)28-13-7-8-16(32-10-12(13)24)17-15(9-25-29(17)4)27-19(30)14-6-5-11(23)18(22)26-14/h5-6,9,12-13,16H,7-8,10H2,1-4H3,(H,27,30)(H,28,31)/t12-,13-,16+/m1/s1. The number of ether oxygens (including phenoxy) is 2. The van der Waals surface area contributed by atoms with Gasteiger partial charge in [0.2, 0.25) is 0 Å². The number of amides is 2. The Morgan fingerprint density at radius 1 is 1.30 bits per heavy atom. The molecule has 1 aliphatic rings. The molecule has 2 amide bonds. The maximum absolute atomic E-state index is 14.7. The van der Waals surface area contributed by atoms with Gasteiger partial charge < -0.3 is 20.1 Å². The minimum absolute atomic E-state index is 0.00492. The van der Waals surface area contributed by atoms with E-state index in [1.54, 1.807) is 27.8 Å². The summed E-state index contributed by atoms with van der Waals surface area (Å²) in [5, 5.41) is 9.45. The highest BCUT2D eigenvalue weighted by molar-refractivity contribution is 9.10. The van der Waals surface area contributed by atoms with E-state index in [0.717, 1.165) is 6.07 Å². The van der Waals surface area contributed by atoms with Gasteiger partial charge >= 0.3 is 6.09 Å². The molecule has 180 valence electrons. The molecular formula is C21H26BrF2N5O4. The van der Waals surface area contributed by atoms with Crippen LogP contribution in [0.4, 0.5) is 19.3 Å². The first-order valence-corrected chi connectivity index (χ1v) is 11.1. The Hall–Kier alpha value is -2.60. The van der Waals surface area contributed by atoms with Crippen molar-refractivity contribution >= 4 is 33.6 Å². The Kier molecular flexibility index (Phi) is 7.68. The molecule has 33 heavy (non-hydrogen) atoms. The number of carbonyl (C=O) groups excluding carboxylic acids is 2. The van der Waals surface area contributed by atoms with E-state index >= 15 is 0 Å². The summed E-state index contributed by atoms with van der Waals surface area (Å²) < 4.78 is 40.5. The van der Waals surface area contributed by atoms with Gasteiger partial charge in [-0.2, -0.15) is 5.10 Å². The first kappa shape index (κ1) is 25.0. The second kappa shape index (κ2) is 10.1. The van der Waals surface area contributed by atoms with Crippen LogP contribution in [0.3, 0.4) is 0 Å². The van der Waals surface area contributed by atoms with E-state index in [4.69, 9.17) is 9.47 Å². The van der Waals surface area contributed by atoms with Crippen LogP contribution in [0.1, 0.15) is 55.9 Å². The van der Waals surface area contributed by atoms with Crippen LogP contribution in [0, 0.1) is 5.82 Å². The molecule has 9 nitrogen and oxygen atoms in total. The summed E-state index contributed by atoms with van der Waals surface area (Å²) in [7, 11) is 1.68. The van der Waals surface area contributed by atoms with E-state index < -0.39 is 41.7 Å². The first-order valence-electron chi connectivity index (χ1n) is 10.3. The fraction of sp³-hybridized carbons (Fsp3) is 0.524. The molecule has 3 rings (SSSR count). The summed E-state index contributed by atoms with van der Waals surface area (Å²) in [6, 6.07) is 1.61. The third-order valence-electron chi connectivity index (χ3n) is 4.91. The van der Waals surface area contributed by atoms with Gasteiger partial charge in [0.15, 0.2) is 5.82 Å². The number of pyridine rings is 1. The number of rotatable bonds is 4. The number of hydrogen-bond acceptors (Lipinski definition) is 6. The predicted octanol–water partition coefficient (Wildman–Crippen LogP) is 4.05. The van der Waals surface area contributed by atoms with Gasteiger partial charge in [0, 0.05) is 7.05 Å². The topological polar surface area (TPSA) is 107 Å². The van der Waals surface area contributed by atoms with Gasteiger partial charge in [-0.25, -0.2) is 18.6 Å². The SMILES string of the molecule is Cn1ncc(NC(=O)c2ccc(F)c(Br)n2)c1[C@@H]1CC[C@@H](NC(=O)OC(C)(C)C)[C@H](F)CO1. The third kappa shape index (κ3) is 6.47. The molecule has 0 saturated carbocycles. The molecule has 0 unspecified atom stereocenters. The Balaban J connectivity index is 1.71. The van der Waals surface area contributed by atoms with Crippen LogP contribution in [0.15, 0.2) is 22.9 Å². The molecule has 0 aliphatic carbocycles. The number of nitrogens with one attached hydrogen (secondary N) is 2. The average Bonchev–Trinajstić information content (AvgIpc) is 2.97. The zero-order chi connectivity index (χ0) is 24.3. The van der Waals surface area contributed by atoms with E-state index in [9.17, 15) is 18.4 Å². The van der Waals surface area contributed by atoms with Crippen LogP contribution in [-0.4, -0.2) is 51.2 Å². The second-order valence-corrected chi connectivity index (χ2v) is 9.41. The Morgan fingerprint density at radius 2 is 2.03 bits per heavy atom. The summed E-state index contributed by atoms with van der Waals surface area (Å²) in [5.74, 6) is -1.15. The zero-order valence-electron chi connectivity index (χ0n) is 18.7. The van der Waals surface area contributed by atoms with Crippen LogP contribution < -0.4 is 10.6 Å². The first-order chi connectivity index (χ1) is 15.4. The largest absolute Gasteiger partial charge is 0.444 e. The fourth-order valence-electron chi connectivity index (χ4n) is 3.41. The van der Waals surface area contributed by atoms with Crippen molar-refractivity contribution in [2.75, 3.05) is 11.9 Å². The van der Waals surface area contributed by atoms with Crippen molar-refractivity contribution in [3.8, 4) is 0 Å². The molecule has 3 atom stereocenters. The Bertz CT molecular complexity index is 1030. The van der Waals surface area contributed by atoms with E-state index in [2.05, 4.69) is 36.6 Å². The molecule has 2 N–H and O–H groups in total. The van der Waals surface area contributed by atoms with Crippen molar-refractivity contribution in [1.29, 1.82) is 0 Å². The van der Waals surface area contributed by atoms with Crippen LogP contribution in [-0.2, 0) is 16.5 Å². The number of aromatic nitrogens is 3. The molecule has 1 saturated heterocycles. The highest BCUT2D eigenvalue weighted by Crippen LogP contribution is 2.33. The predicted molar refractivity (Wildman–Crippen MR) is 119 cm³/mol. The molecule has 2 aromatic heterocycles. The normalized spacial score (nSPS) is 21.2. The van der Waals surface area contributed by atoms with Gasteiger partial charge in [-0.05, 0) is 61.7 Å². The van der Waals surface area contributed by atoms with Crippen LogP contribution in [0.2, 0.25) is 0 Å². The maximum atomic E-state index is 14.7. The van der Waals surface area contributed by atoms with Crippen LogP contribution >= 0.6 is 15.9 Å². The summed E-state index contributed by atoms with van der Waals surface area (Å²) >= 11 is 2.96. The number of nitrogens with zero attached hydrogens (tertiary/aromatic N) is 3. The molecule has 2 aromatic rings. The van der Waals surface area contributed by atoms with Crippen molar-refractivity contribution < 1.29 is 27.8 Å². The summed E-state index contributed by atoms with van der Waals surface area (Å²) in [5.41, 5.74) is 0.208. The second-order valence-electron chi connectivity index (χ2n) is 8.66. The van der Waals surface area contributed by atoms with Gasteiger partial charge in [0.1, 0.15) is 28.2 Å². The monoisotopic (exact) mass is 529 g/mol. The number of alkyl halides is 1. The highest BCUT2D eigenvalue weighted by Gasteiger charge is 2.33. The third-order valence-corrected chi connectivity index (χ3v) is 5.46. The molecule has 0 bridgehead atoms. The highest BCUT2D eigenvalue weighted by atomic mass is 79.9. The van der Waals surface area contributed by atoms with Gasteiger partial charge in [-0.3, -0.25) is 9.48 Å². The van der Waals surface area contributed by atoms with E-state index in [1.807, 2.05) is 0 Å². The summed E-state index contributed by atoms with van der Waals surface area (Å²) in [6.07, 6.45) is -0.609. The lowest BCUT2D eigenvalue weighted by Gasteiger charge is -2.24. The number of halogens is 3. The fourth-order valence-corrected chi connectivity index (χ4v) is 3.73. The van der Waals surface area contributed by atoms with Crippen molar-refractivity contribution in [3.63, 3.8) is 0 Å². The van der Waals surface area contributed by atoms with E-state index in [1.165, 1.54) is 16.9 Å². The minimum Gasteiger partial charge on any atom is -0.444 e. The Morgan fingerprint density at radius 3 is 2.70 bits per heavy atom. The lowest BCUT2D eigenvalue weighted by Crippen LogP contribution is -2.44. The summed E-state index contributed by atoms with van der Waals surface area (Å²) in [4.78, 5) is 28.6. The lowest BCUT2D eigenvalue weighted by atomic mass is 10.0. The summed E-state index contributed by atoms with van der Waals surface area (Å²) in [6.45, 7) is 4.93. The van der Waals surface area contributed by atoms with Gasteiger partial charge in [-0.15, -0.1) is 0 Å². The minimum atomic E-state index is -1.44. The van der Waals surface area contributed by atoms with E-state index in [0.29, 0.717) is 17.8 Å². The van der Waals surface area contributed by atoms with E-state index in [-0.39, 0.29) is 23.3 Å². The molecule has 0 aromatic carbocycles. The molecule has 3 heterocycles. The van der Waals surface area contributed by atoms with Gasteiger partial charge in [0.05, 0.1) is 30.2 Å². The number of hydrogen-bond donors (Lipinski definition) is 2. The molecular weight excluding hydrogens is 504 g/mol. The molecule has 12 heteroatoms. The molecule has 0 spiro atoms. The number of carbonyl (C=O) groups is 2. The smallest absolute Gasteiger partial charge is 0.407 e. The molecule has 1 aliphatic heterocycles. The van der Waals surface area contributed by atoms with Crippen LogP contribution in [0.5, 0.6) is 0 Å². The maximum Gasteiger partial charge on any atom is 0.407 e. The van der Waals surface area contributed by atoms with Crippen molar-refractivity contribution in [2.24, 2.45) is 7.05 Å². The molecule has 1 fully saturated rings. The molecule has 0 radical (unpaired) electrons. The van der Waals surface area contributed by atoms with Crippen molar-refractivity contribution in [2.45, 2.75) is 57.5 Å². The number of alkyl carbamates (subject to hydrolysis) is 1. The number of anilines is 1. The van der Waals surface area contributed by atoms with Crippen molar-refractivity contribution in [3.05, 3.63) is 40.1 Å². The van der Waals surface area contributed by atoms with Crippen LogP contribution in [0.25, 0.3) is 0 Å². The Labute approximate surface area is 198 Å².